The van der Waals surface area contributed by atoms with Gasteiger partial charge in [0.1, 0.15) is 5.82 Å². The molecule has 0 aliphatic heterocycles. The average Bonchev–Trinajstić information content (AvgIpc) is 1.85. The van der Waals surface area contributed by atoms with Crippen LogP contribution in [0.3, 0.4) is 0 Å². The zero-order valence-corrected chi connectivity index (χ0v) is 6.16. The van der Waals surface area contributed by atoms with Crippen LogP contribution in [0.2, 0.25) is 0 Å². The van der Waals surface area contributed by atoms with Gasteiger partial charge < -0.3 is 11.1 Å². The van der Waals surface area contributed by atoms with Gasteiger partial charge in [-0.25, -0.2) is 4.98 Å². The standard InChI is InChI=1S/C7H9N3O/c1-5(11)10-7-4-6(8)2-3-9-7/h2-4H,1H3,(H3,8,9,10,11). The van der Waals surface area contributed by atoms with Gasteiger partial charge in [-0.15, -0.1) is 0 Å². The molecule has 1 heterocycles. The SMILES string of the molecule is CC(=O)Nc1cc(N)ccn1. The number of anilines is 2. The van der Waals surface area contributed by atoms with Gasteiger partial charge in [-0.3, -0.25) is 4.79 Å². The lowest BCUT2D eigenvalue weighted by atomic mass is 10.4. The first-order chi connectivity index (χ1) is 5.18. The van der Waals surface area contributed by atoms with E-state index in [9.17, 15) is 4.79 Å². The van der Waals surface area contributed by atoms with Gasteiger partial charge in [0, 0.05) is 24.9 Å². The van der Waals surface area contributed by atoms with Gasteiger partial charge in [-0.05, 0) is 6.07 Å². The minimum atomic E-state index is -0.150. The Morgan fingerprint density at radius 2 is 2.45 bits per heavy atom. The number of hydrogen-bond donors (Lipinski definition) is 2. The first-order valence-corrected chi connectivity index (χ1v) is 3.17. The van der Waals surface area contributed by atoms with Crippen molar-refractivity contribution in [3.8, 4) is 0 Å². The molecule has 0 aromatic carbocycles. The van der Waals surface area contributed by atoms with Crippen LogP contribution in [0.5, 0.6) is 0 Å². The molecule has 3 N–H and O–H groups in total. The van der Waals surface area contributed by atoms with Crippen LogP contribution in [0.4, 0.5) is 11.5 Å². The molecule has 58 valence electrons. The predicted octanol–water partition coefficient (Wildman–Crippen LogP) is 0.622. The van der Waals surface area contributed by atoms with E-state index in [2.05, 4.69) is 10.3 Å². The van der Waals surface area contributed by atoms with Crippen molar-refractivity contribution in [3.05, 3.63) is 18.3 Å². The van der Waals surface area contributed by atoms with E-state index in [4.69, 9.17) is 5.73 Å². The van der Waals surface area contributed by atoms with Crippen molar-refractivity contribution in [3.63, 3.8) is 0 Å². The Bertz CT molecular complexity index is 272. The minimum Gasteiger partial charge on any atom is -0.399 e. The molecular formula is C7H9N3O. The lowest BCUT2D eigenvalue weighted by Gasteiger charge is -1.99. The molecule has 0 bridgehead atoms. The summed E-state index contributed by atoms with van der Waals surface area (Å²) in [6, 6.07) is 3.26. The van der Waals surface area contributed by atoms with E-state index < -0.39 is 0 Å². The molecule has 1 aromatic rings. The lowest BCUT2D eigenvalue weighted by Crippen LogP contribution is -2.07. The second-order valence-electron chi connectivity index (χ2n) is 2.16. The van der Waals surface area contributed by atoms with Crippen LogP contribution in [0, 0.1) is 0 Å². The Hall–Kier alpha value is -1.58. The first-order valence-electron chi connectivity index (χ1n) is 3.17. The van der Waals surface area contributed by atoms with Gasteiger partial charge in [0.2, 0.25) is 5.91 Å². The number of rotatable bonds is 1. The van der Waals surface area contributed by atoms with Gasteiger partial charge in [-0.2, -0.15) is 0 Å². The number of carbonyl (C=O) groups is 1. The largest absolute Gasteiger partial charge is 0.399 e. The zero-order valence-electron chi connectivity index (χ0n) is 6.16. The maximum atomic E-state index is 10.5. The molecule has 11 heavy (non-hydrogen) atoms. The molecular weight excluding hydrogens is 142 g/mol. The van der Waals surface area contributed by atoms with Gasteiger partial charge in [-0.1, -0.05) is 0 Å². The summed E-state index contributed by atoms with van der Waals surface area (Å²) in [6.07, 6.45) is 1.54. The van der Waals surface area contributed by atoms with E-state index in [0.717, 1.165) is 0 Å². The summed E-state index contributed by atoms with van der Waals surface area (Å²) in [5.74, 6) is 0.334. The van der Waals surface area contributed by atoms with Crippen molar-refractivity contribution in [1.82, 2.24) is 4.98 Å². The summed E-state index contributed by atoms with van der Waals surface area (Å²) in [6.45, 7) is 1.42. The van der Waals surface area contributed by atoms with Crippen LogP contribution in [-0.4, -0.2) is 10.9 Å². The summed E-state index contributed by atoms with van der Waals surface area (Å²) in [5, 5.41) is 2.52. The third kappa shape index (κ3) is 2.25. The van der Waals surface area contributed by atoms with E-state index in [-0.39, 0.29) is 5.91 Å². The third-order valence-electron chi connectivity index (χ3n) is 1.09. The van der Waals surface area contributed by atoms with E-state index in [1.807, 2.05) is 0 Å². The number of nitrogens with zero attached hydrogens (tertiary/aromatic N) is 1. The maximum absolute atomic E-state index is 10.5. The van der Waals surface area contributed by atoms with Crippen molar-refractivity contribution in [1.29, 1.82) is 0 Å². The van der Waals surface area contributed by atoms with E-state index in [1.54, 1.807) is 18.3 Å². The van der Waals surface area contributed by atoms with Crippen LogP contribution in [0.25, 0.3) is 0 Å². The molecule has 0 aliphatic carbocycles. The maximum Gasteiger partial charge on any atom is 0.222 e. The summed E-state index contributed by atoms with van der Waals surface area (Å²) >= 11 is 0. The molecule has 0 radical (unpaired) electrons. The fourth-order valence-corrected chi connectivity index (χ4v) is 0.696. The average molecular weight is 151 g/mol. The molecule has 0 fully saturated rings. The Labute approximate surface area is 64.4 Å². The van der Waals surface area contributed by atoms with E-state index >= 15 is 0 Å². The summed E-state index contributed by atoms with van der Waals surface area (Å²) < 4.78 is 0. The molecule has 0 saturated carbocycles. The van der Waals surface area contributed by atoms with Crippen molar-refractivity contribution >= 4 is 17.4 Å². The van der Waals surface area contributed by atoms with Gasteiger partial charge in [0.25, 0.3) is 0 Å². The summed E-state index contributed by atoms with van der Waals surface area (Å²) in [5.41, 5.74) is 6.03. The van der Waals surface area contributed by atoms with Crippen molar-refractivity contribution in [2.75, 3.05) is 11.1 Å². The molecule has 1 aromatic heterocycles. The number of nitrogen functional groups attached to an aromatic ring is 1. The summed E-state index contributed by atoms with van der Waals surface area (Å²) in [7, 11) is 0. The van der Waals surface area contributed by atoms with Crippen LogP contribution in [0.15, 0.2) is 18.3 Å². The van der Waals surface area contributed by atoms with Crippen molar-refractivity contribution in [2.24, 2.45) is 0 Å². The highest BCUT2D eigenvalue weighted by atomic mass is 16.1. The molecule has 0 atom stereocenters. The fraction of sp³-hybridized carbons (Fsp3) is 0.143. The molecule has 1 amide bonds. The van der Waals surface area contributed by atoms with Gasteiger partial charge in [0.05, 0.1) is 0 Å². The fourth-order valence-electron chi connectivity index (χ4n) is 0.696. The highest BCUT2D eigenvalue weighted by Crippen LogP contribution is 2.06. The van der Waals surface area contributed by atoms with Crippen LogP contribution in [0.1, 0.15) is 6.92 Å². The second-order valence-corrected chi connectivity index (χ2v) is 2.16. The number of aromatic nitrogens is 1. The molecule has 0 aliphatic rings. The number of nitrogens with two attached hydrogens (primary N) is 1. The topological polar surface area (TPSA) is 68.0 Å². The first kappa shape index (κ1) is 7.53. The molecule has 0 unspecified atom stereocenters. The smallest absolute Gasteiger partial charge is 0.222 e. The highest BCUT2D eigenvalue weighted by Gasteiger charge is 1.95. The molecule has 1 rings (SSSR count). The van der Waals surface area contributed by atoms with Crippen molar-refractivity contribution in [2.45, 2.75) is 6.92 Å². The predicted molar refractivity (Wildman–Crippen MR) is 43.0 cm³/mol. The van der Waals surface area contributed by atoms with E-state index in [1.165, 1.54) is 6.92 Å². The van der Waals surface area contributed by atoms with Crippen molar-refractivity contribution < 1.29 is 4.79 Å². The molecule has 0 saturated heterocycles. The second kappa shape index (κ2) is 3.01. The van der Waals surface area contributed by atoms with Gasteiger partial charge >= 0.3 is 0 Å². The number of hydrogen-bond acceptors (Lipinski definition) is 3. The molecule has 0 spiro atoms. The molecule has 4 nitrogen and oxygen atoms in total. The number of pyridine rings is 1. The minimum absolute atomic E-state index is 0.150. The van der Waals surface area contributed by atoms with Crippen LogP contribution < -0.4 is 11.1 Å². The Balaban J connectivity index is 2.79. The van der Waals surface area contributed by atoms with Crippen LogP contribution >= 0.6 is 0 Å². The quantitative estimate of drug-likeness (QED) is 0.618. The van der Waals surface area contributed by atoms with E-state index in [0.29, 0.717) is 11.5 Å². The Morgan fingerprint density at radius 3 is 3.00 bits per heavy atom. The number of carbonyl (C=O) groups excluding carboxylic acids is 1. The van der Waals surface area contributed by atoms with Gasteiger partial charge in [0.15, 0.2) is 0 Å². The lowest BCUT2D eigenvalue weighted by molar-refractivity contribution is -0.114. The molecule has 4 heteroatoms. The van der Waals surface area contributed by atoms with Crippen LogP contribution in [-0.2, 0) is 4.79 Å². The Morgan fingerprint density at radius 1 is 1.73 bits per heavy atom. The monoisotopic (exact) mass is 151 g/mol. The zero-order chi connectivity index (χ0) is 8.27. The normalized spacial score (nSPS) is 9.18. The Kier molecular flexibility index (Phi) is 2.06. The third-order valence-corrected chi connectivity index (χ3v) is 1.09. The number of nitrogens with one attached hydrogen (secondary N) is 1. The highest BCUT2D eigenvalue weighted by molar-refractivity contribution is 5.87. The summed E-state index contributed by atoms with van der Waals surface area (Å²) in [4.78, 5) is 14.4. The number of amides is 1.